The van der Waals surface area contributed by atoms with E-state index in [0.717, 1.165) is 19.5 Å². The van der Waals surface area contributed by atoms with E-state index in [4.69, 9.17) is 4.74 Å². The van der Waals surface area contributed by atoms with Crippen LogP contribution >= 0.6 is 0 Å². The Kier molecular flexibility index (Phi) is 5.43. The number of ether oxygens (including phenoxy) is 1. The molecule has 1 aromatic carbocycles. The average Bonchev–Trinajstić information content (AvgIpc) is 3.56. The Morgan fingerprint density at radius 2 is 1.82 bits per heavy atom. The van der Waals surface area contributed by atoms with Gasteiger partial charge in [-0.25, -0.2) is 4.79 Å². The molecular weight excluding hydrogens is 348 g/mol. The van der Waals surface area contributed by atoms with Crippen molar-refractivity contribution in [3.8, 4) is 0 Å². The summed E-state index contributed by atoms with van der Waals surface area (Å²) in [7, 11) is 0. The van der Waals surface area contributed by atoms with Crippen LogP contribution < -0.4 is 0 Å². The van der Waals surface area contributed by atoms with Gasteiger partial charge in [0.1, 0.15) is 5.60 Å². The number of hydrogen-bond donors (Lipinski definition) is 0. The number of benzene rings is 1. The summed E-state index contributed by atoms with van der Waals surface area (Å²) in [6.07, 6.45) is 7.43. The number of rotatable bonds is 6. The van der Waals surface area contributed by atoms with Crippen molar-refractivity contribution in [1.82, 2.24) is 9.80 Å². The predicted octanol–water partition coefficient (Wildman–Crippen LogP) is 5.05. The molecule has 4 rings (SSSR count). The monoisotopic (exact) mass is 384 g/mol. The minimum absolute atomic E-state index is 0.124. The quantitative estimate of drug-likeness (QED) is 0.688. The molecule has 0 radical (unpaired) electrons. The lowest BCUT2D eigenvalue weighted by atomic mass is 10.0. The minimum atomic E-state index is -0.448. The smallest absolute Gasteiger partial charge is 0.410 e. The molecule has 1 heterocycles. The zero-order valence-electron chi connectivity index (χ0n) is 17.8. The van der Waals surface area contributed by atoms with Crippen molar-refractivity contribution in [1.29, 1.82) is 0 Å². The summed E-state index contributed by atoms with van der Waals surface area (Å²) in [5, 5.41) is 0. The van der Waals surface area contributed by atoms with Crippen LogP contribution in [0.25, 0.3) is 0 Å². The van der Waals surface area contributed by atoms with E-state index in [1.165, 1.54) is 50.8 Å². The zero-order chi connectivity index (χ0) is 19.8. The summed E-state index contributed by atoms with van der Waals surface area (Å²) >= 11 is 0. The van der Waals surface area contributed by atoms with E-state index in [-0.39, 0.29) is 17.6 Å². The molecule has 2 saturated carbocycles. The van der Waals surface area contributed by atoms with Gasteiger partial charge >= 0.3 is 6.09 Å². The Bertz CT molecular complexity index is 672. The van der Waals surface area contributed by atoms with Crippen LogP contribution in [-0.2, 0) is 4.74 Å². The standard InChI is InChI=1S/C24H36N2O2/c1-23(2,3)28-22(27)26(21-16-20(21)19-10-6-4-7-11-19)18-24(12-13-24)17-25-14-8-5-9-15-25/h4,6-7,10-11,20-21H,5,8-9,12-18H2,1-3H3/t20-,21+/m1/s1. The minimum Gasteiger partial charge on any atom is -0.444 e. The summed E-state index contributed by atoms with van der Waals surface area (Å²) in [5.41, 5.74) is 1.19. The number of carbonyl (C=O) groups is 1. The second-order valence-corrected chi connectivity index (χ2v) is 10.3. The number of hydrogen-bond acceptors (Lipinski definition) is 3. The van der Waals surface area contributed by atoms with Gasteiger partial charge in [-0.05, 0) is 71.5 Å². The van der Waals surface area contributed by atoms with Crippen LogP contribution in [0.3, 0.4) is 0 Å². The molecule has 28 heavy (non-hydrogen) atoms. The molecule has 0 aromatic heterocycles. The van der Waals surface area contributed by atoms with Crippen LogP contribution in [0.4, 0.5) is 4.79 Å². The summed E-state index contributed by atoms with van der Waals surface area (Å²) < 4.78 is 5.82. The largest absolute Gasteiger partial charge is 0.444 e. The fourth-order valence-corrected chi connectivity index (χ4v) is 4.72. The highest BCUT2D eigenvalue weighted by atomic mass is 16.6. The molecule has 4 nitrogen and oxygen atoms in total. The number of likely N-dealkylation sites (tertiary alicyclic amines) is 1. The van der Waals surface area contributed by atoms with E-state index < -0.39 is 5.60 Å². The highest BCUT2D eigenvalue weighted by molar-refractivity contribution is 5.69. The third kappa shape index (κ3) is 4.89. The van der Waals surface area contributed by atoms with Gasteiger partial charge in [0, 0.05) is 30.5 Å². The number of amides is 1. The Labute approximate surface area is 170 Å². The first-order valence-corrected chi connectivity index (χ1v) is 11.1. The van der Waals surface area contributed by atoms with Crippen LogP contribution in [0, 0.1) is 5.41 Å². The zero-order valence-corrected chi connectivity index (χ0v) is 17.8. The summed E-state index contributed by atoms with van der Waals surface area (Å²) in [5.74, 6) is 0.458. The molecule has 1 amide bonds. The molecule has 0 N–H and O–H groups in total. The van der Waals surface area contributed by atoms with Gasteiger partial charge in [0.15, 0.2) is 0 Å². The maximum Gasteiger partial charge on any atom is 0.410 e. The lowest BCUT2D eigenvalue weighted by molar-refractivity contribution is 0.0168. The highest BCUT2D eigenvalue weighted by Gasteiger charge is 2.52. The normalized spacial score (nSPS) is 26.5. The fourth-order valence-electron chi connectivity index (χ4n) is 4.72. The van der Waals surface area contributed by atoms with Gasteiger partial charge in [-0.3, -0.25) is 0 Å². The maximum absolute atomic E-state index is 13.1. The van der Waals surface area contributed by atoms with Crippen LogP contribution in [0.15, 0.2) is 30.3 Å². The molecule has 3 fully saturated rings. The van der Waals surface area contributed by atoms with E-state index in [1.807, 2.05) is 20.8 Å². The van der Waals surface area contributed by atoms with Crippen molar-refractivity contribution in [2.45, 2.75) is 76.9 Å². The first kappa shape index (κ1) is 19.8. The van der Waals surface area contributed by atoms with E-state index in [0.29, 0.717) is 5.92 Å². The Balaban J connectivity index is 1.45. The van der Waals surface area contributed by atoms with Crippen LogP contribution in [0.2, 0.25) is 0 Å². The van der Waals surface area contributed by atoms with E-state index >= 15 is 0 Å². The van der Waals surface area contributed by atoms with Crippen LogP contribution in [0.5, 0.6) is 0 Å². The van der Waals surface area contributed by atoms with Gasteiger partial charge in [0.25, 0.3) is 0 Å². The van der Waals surface area contributed by atoms with Crippen molar-refractivity contribution in [2.24, 2.45) is 5.41 Å². The first-order chi connectivity index (χ1) is 13.4. The molecule has 2 aliphatic carbocycles. The molecule has 0 spiro atoms. The highest BCUT2D eigenvalue weighted by Crippen LogP contribution is 2.51. The third-order valence-electron chi connectivity index (χ3n) is 6.48. The Morgan fingerprint density at radius 1 is 1.14 bits per heavy atom. The number of nitrogens with zero attached hydrogens (tertiary/aromatic N) is 2. The molecule has 0 bridgehead atoms. The molecule has 154 valence electrons. The lowest BCUT2D eigenvalue weighted by Gasteiger charge is -2.34. The van der Waals surface area contributed by atoms with E-state index in [9.17, 15) is 4.79 Å². The fraction of sp³-hybridized carbons (Fsp3) is 0.708. The second kappa shape index (κ2) is 7.70. The average molecular weight is 385 g/mol. The molecule has 4 heteroatoms. The number of piperidine rings is 1. The van der Waals surface area contributed by atoms with Gasteiger partial charge in [-0.15, -0.1) is 0 Å². The number of carbonyl (C=O) groups excluding carboxylic acids is 1. The molecule has 1 saturated heterocycles. The molecule has 1 aromatic rings. The first-order valence-electron chi connectivity index (χ1n) is 11.1. The lowest BCUT2D eigenvalue weighted by Crippen LogP contribution is -2.45. The van der Waals surface area contributed by atoms with Crippen molar-refractivity contribution >= 4 is 6.09 Å². The topological polar surface area (TPSA) is 32.8 Å². The van der Waals surface area contributed by atoms with Crippen molar-refractivity contribution < 1.29 is 9.53 Å². The molecule has 1 aliphatic heterocycles. The van der Waals surface area contributed by atoms with Crippen LogP contribution in [0.1, 0.15) is 70.8 Å². The van der Waals surface area contributed by atoms with Crippen molar-refractivity contribution in [3.05, 3.63) is 35.9 Å². The SMILES string of the molecule is CC(C)(C)OC(=O)N(CC1(CN2CCCCC2)CC1)[C@H]1C[C@@H]1c1ccccc1. The van der Waals surface area contributed by atoms with Crippen molar-refractivity contribution in [3.63, 3.8) is 0 Å². The Hall–Kier alpha value is -1.55. The van der Waals surface area contributed by atoms with E-state index in [2.05, 4.69) is 40.1 Å². The molecule has 2 atom stereocenters. The molecular formula is C24H36N2O2. The van der Waals surface area contributed by atoms with Gasteiger partial charge in [-0.2, -0.15) is 0 Å². The maximum atomic E-state index is 13.1. The van der Waals surface area contributed by atoms with Gasteiger partial charge < -0.3 is 14.5 Å². The molecule has 0 unspecified atom stereocenters. The van der Waals surface area contributed by atoms with Crippen LogP contribution in [-0.4, -0.2) is 53.7 Å². The summed E-state index contributed by atoms with van der Waals surface area (Å²) in [4.78, 5) is 17.8. The summed E-state index contributed by atoms with van der Waals surface area (Å²) in [6, 6.07) is 10.9. The van der Waals surface area contributed by atoms with Gasteiger partial charge in [0.05, 0.1) is 0 Å². The summed E-state index contributed by atoms with van der Waals surface area (Å²) in [6.45, 7) is 10.3. The predicted molar refractivity (Wildman–Crippen MR) is 112 cm³/mol. The molecule has 3 aliphatic rings. The third-order valence-corrected chi connectivity index (χ3v) is 6.48. The second-order valence-electron chi connectivity index (χ2n) is 10.3. The van der Waals surface area contributed by atoms with Gasteiger partial charge in [0.2, 0.25) is 0 Å². The van der Waals surface area contributed by atoms with Crippen molar-refractivity contribution in [2.75, 3.05) is 26.2 Å². The van der Waals surface area contributed by atoms with Gasteiger partial charge in [-0.1, -0.05) is 36.8 Å². The Morgan fingerprint density at radius 3 is 2.43 bits per heavy atom. The van der Waals surface area contributed by atoms with E-state index in [1.54, 1.807) is 0 Å².